The van der Waals surface area contributed by atoms with E-state index in [-0.39, 0.29) is 24.5 Å². The maximum atomic E-state index is 13.5. The van der Waals surface area contributed by atoms with Crippen LogP contribution in [0.1, 0.15) is 11.3 Å². The van der Waals surface area contributed by atoms with Crippen LogP contribution in [-0.4, -0.2) is 35.0 Å². The Morgan fingerprint density at radius 1 is 0.882 bits per heavy atom. The molecule has 34 heavy (non-hydrogen) atoms. The van der Waals surface area contributed by atoms with Crippen LogP contribution < -0.4 is 0 Å². The lowest BCUT2D eigenvalue weighted by molar-refractivity contribution is 0.126. The number of aliphatic hydroxyl groups excluding tert-OH is 1. The van der Waals surface area contributed by atoms with Crippen LogP contribution in [0.4, 0.5) is 0 Å². The van der Waals surface area contributed by atoms with Gasteiger partial charge in [-0.25, -0.2) is 8.42 Å². The normalized spacial score (nSPS) is 13.1. The number of nitrogens with zero attached hydrogens (tertiary/aromatic N) is 2. The Kier molecular flexibility index (Phi) is 6.00. The van der Waals surface area contributed by atoms with E-state index in [0.717, 1.165) is 27.4 Å². The van der Waals surface area contributed by atoms with Gasteiger partial charge in [0.25, 0.3) is 0 Å². The molecule has 6 nitrogen and oxygen atoms in total. The molecule has 174 valence electrons. The highest BCUT2D eigenvalue weighted by Crippen LogP contribution is 2.29. The molecule has 0 bridgehead atoms. The van der Waals surface area contributed by atoms with Gasteiger partial charge in [-0.15, -0.1) is 0 Å². The number of hydrogen-bond donors (Lipinski definition) is 1. The number of aliphatic hydroxyl groups is 1. The lowest BCUT2D eigenvalue weighted by Gasteiger charge is -2.25. The zero-order chi connectivity index (χ0) is 23.7. The van der Waals surface area contributed by atoms with Crippen LogP contribution in [0, 0.1) is 6.92 Å². The van der Waals surface area contributed by atoms with Crippen molar-refractivity contribution in [2.24, 2.45) is 0 Å². The molecular formula is C27H26N2O4S. The average molecular weight is 475 g/mol. The van der Waals surface area contributed by atoms with Gasteiger partial charge in [-0.05, 0) is 43.3 Å². The van der Waals surface area contributed by atoms with Crippen molar-refractivity contribution in [3.05, 3.63) is 103 Å². The molecule has 2 aromatic heterocycles. The second-order valence-electron chi connectivity index (χ2n) is 8.49. The van der Waals surface area contributed by atoms with Crippen molar-refractivity contribution in [1.82, 2.24) is 8.87 Å². The minimum Gasteiger partial charge on any atom is -0.468 e. The Labute approximate surface area is 198 Å². The van der Waals surface area contributed by atoms with E-state index in [1.54, 1.807) is 36.4 Å². The lowest BCUT2D eigenvalue weighted by Crippen LogP contribution is -2.38. The Morgan fingerprint density at radius 2 is 1.50 bits per heavy atom. The van der Waals surface area contributed by atoms with Gasteiger partial charge in [0.05, 0.1) is 30.4 Å². The third-order valence-electron chi connectivity index (χ3n) is 6.06. The molecule has 5 aromatic rings. The molecule has 5 rings (SSSR count). The van der Waals surface area contributed by atoms with Crippen molar-refractivity contribution >= 4 is 31.8 Å². The minimum absolute atomic E-state index is 0.0352. The molecular weight excluding hydrogens is 448 g/mol. The summed E-state index contributed by atoms with van der Waals surface area (Å²) in [5.74, 6) is 0.514. The fraction of sp³-hybridized carbons (Fsp3) is 0.185. The third kappa shape index (κ3) is 4.25. The molecule has 1 N–H and O–H groups in total. The predicted octanol–water partition coefficient (Wildman–Crippen LogP) is 4.95. The maximum Gasteiger partial charge on any atom is 0.243 e. The molecule has 3 aromatic carbocycles. The molecule has 0 saturated carbocycles. The number of rotatable bonds is 8. The number of benzene rings is 3. The van der Waals surface area contributed by atoms with Crippen LogP contribution in [0.2, 0.25) is 0 Å². The lowest BCUT2D eigenvalue weighted by atomic mass is 10.2. The van der Waals surface area contributed by atoms with E-state index >= 15 is 0 Å². The number of aromatic nitrogens is 1. The molecule has 1 atom stereocenters. The van der Waals surface area contributed by atoms with Crippen molar-refractivity contribution in [1.29, 1.82) is 0 Å². The molecule has 0 aliphatic carbocycles. The van der Waals surface area contributed by atoms with Crippen LogP contribution in [0.5, 0.6) is 0 Å². The van der Waals surface area contributed by atoms with Crippen LogP contribution in [-0.2, 0) is 23.1 Å². The number of furan rings is 1. The van der Waals surface area contributed by atoms with Crippen molar-refractivity contribution in [3.63, 3.8) is 0 Å². The van der Waals surface area contributed by atoms with Gasteiger partial charge in [0.2, 0.25) is 10.0 Å². The Bertz CT molecular complexity index is 1470. The van der Waals surface area contributed by atoms with Gasteiger partial charge in [-0.2, -0.15) is 4.31 Å². The van der Waals surface area contributed by atoms with E-state index in [1.165, 1.54) is 10.6 Å². The van der Waals surface area contributed by atoms with E-state index in [4.69, 9.17) is 4.42 Å². The number of aryl methyl sites for hydroxylation is 1. The maximum absolute atomic E-state index is 13.5. The predicted molar refractivity (Wildman–Crippen MR) is 133 cm³/mol. The zero-order valence-electron chi connectivity index (χ0n) is 18.8. The molecule has 7 heteroatoms. The summed E-state index contributed by atoms with van der Waals surface area (Å²) in [6.45, 7) is 2.13. The topological polar surface area (TPSA) is 75.7 Å². The minimum atomic E-state index is -3.85. The highest BCUT2D eigenvalue weighted by atomic mass is 32.2. The van der Waals surface area contributed by atoms with E-state index < -0.39 is 16.1 Å². The molecule has 0 amide bonds. The van der Waals surface area contributed by atoms with E-state index in [1.807, 2.05) is 43.3 Å². The summed E-state index contributed by atoms with van der Waals surface area (Å²) in [4.78, 5) is 0.189. The Hall–Kier alpha value is -3.39. The van der Waals surface area contributed by atoms with Crippen molar-refractivity contribution in [2.45, 2.75) is 31.0 Å². The first-order valence-electron chi connectivity index (χ1n) is 11.2. The van der Waals surface area contributed by atoms with Crippen LogP contribution in [0.25, 0.3) is 21.8 Å². The smallest absolute Gasteiger partial charge is 0.243 e. The van der Waals surface area contributed by atoms with Crippen LogP contribution in [0.3, 0.4) is 0 Å². The van der Waals surface area contributed by atoms with Crippen molar-refractivity contribution in [2.75, 3.05) is 6.54 Å². The summed E-state index contributed by atoms with van der Waals surface area (Å²) < 4.78 is 35.8. The van der Waals surface area contributed by atoms with Crippen LogP contribution >= 0.6 is 0 Å². The molecule has 0 spiro atoms. The molecule has 0 radical (unpaired) electrons. The molecule has 0 fully saturated rings. The summed E-state index contributed by atoms with van der Waals surface area (Å²) in [6, 6.07) is 26.3. The van der Waals surface area contributed by atoms with Gasteiger partial charge in [0, 0.05) is 28.4 Å². The average Bonchev–Trinajstić information content (AvgIpc) is 3.46. The first kappa shape index (κ1) is 22.4. The van der Waals surface area contributed by atoms with Gasteiger partial charge >= 0.3 is 0 Å². The number of para-hydroxylation sites is 2. The zero-order valence-corrected chi connectivity index (χ0v) is 19.7. The fourth-order valence-electron chi connectivity index (χ4n) is 4.39. The SMILES string of the molecule is Cc1ccc(S(=O)(=O)N(Cc2ccco2)CC(O)Cn2c3ccccc3c3ccccc32)cc1. The monoisotopic (exact) mass is 474 g/mol. The Balaban J connectivity index is 1.47. The van der Waals surface area contributed by atoms with Gasteiger partial charge in [0.1, 0.15) is 5.76 Å². The molecule has 0 aliphatic rings. The fourth-order valence-corrected chi connectivity index (χ4v) is 5.83. The number of hydrogen-bond acceptors (Lipinski definition) is 4. The highest BCUT2D eigenvalue weighted by molar-refractivity contribution is 7.89. The number of fused-ring (bicyclic) bond motifs is 3. The van der Waals surface area contributed by atoms with E-state index in [0.29, 0.717) is 5.76 Å². The molecule has 2 heterocycles. The molecule has 1 unspecified atom stereocenters. The van der Waals surface area contributed by atoms with Crippen molar-refractivity contribution < 1.29 is 17.9 Å². The molecule has 0 aliphatic heterocycles. The van der Waals surface area contributed by atoms with E-state index in [2.05, 4.69) is 16.7 Å². The quantitative estimate of drug-likeness (QED) is 0.345. The standard InChI is InChI=1S/C27H26N2O4S/c1-20-12-14-23(15-13-20)34(31,32)28(19-22-7-6-16-33-22)17-21(30)18-29-26-10-4-2-8-24(26)25-9-3-5-11-27(25)29/h2-16,21,30H,17-19H2,1H3. The second kappa shape index (κ2) is 9.10. The van der Waals surface area contributed by atoms with Gasteiger partial charge < -0.3 is 14.1 Å². The third-order valence-corrected chi connectivity index (χ3v) is 7.88. The van der Waals surface area contributed by atoms with Gasteiger partial charge in [0.15, 0.2) is 0 Å². The van der Waals surface area contributed by atoms with Gasteiger partial charge in [-0.3, -0.25) is 0 Å². The summed E-state index contributed by atoms with van der Waals surface area (Å²) in [6.07, 6.45) is 0.579. The first-order chi connectivity index (χ1) is 16.4. The summed E-state index contributed by atoms with van der Waals surface area (Å²) >= 11 is 0. The highest BCUT2D eigenvalue weighted by Gasteiger charge is 2.28. The van der Waals surface area contributed by atoms with Gasteiger partial charge in [-0.1, -0.05) is 54.1 Å². The first-order valence-corrected chi connectivity index (χ1v) is 12.6. The number of sulfonamides is 1. The molecule has 0 saturated heterocycles. The summed E-state index contributed by atoms with van der Waals surface area (Å²) in [5.41, 5.74) is 2.98. The summed E-state index contributed by atoms with van der Waals surface area (Å²) in [5, 5.41) is 13.3. The van der Waals surface area contributed by atoms with E-state index in [9.17, 15) is 13.5 Å². The summed E-state index contributed by atoms with van der Waals surface area (Å²) in [7, 11) is -3.85. The van der Waals surface area contributed by atoms with Crippen LogP contribution in [0.15, 0.2) is 101 Å². The largest absolute Gasteiger partial charge is 0.468 e. The van der Waals surface area contributed by atoms with Crippen molar-refractivity contribution in [3.8, 4) is 0 Å². The second-order valence-corrected chi connectivity index (χ2v) is 10.4. The Morgan fingerprint density at radius 3 is 2.09 bits per heavy atom.